The monoisotopic (exact) mass is 262 g/mol. The van der Waals surface area contributed by atoms with Gasteiger partial charge in [0, 0.05) is 12.0 Å². The molecule has 1 aromatic carbocycles. The second-order valence-corrected chi connectivity index (χ2v) is 4.00. The van der Waals surface area contributed by atoms with E-state index in [1.54, 1.807) is 31.3 Å². The Morgan fingerprint density at radius 1 is 1.47 bits per heavy atom. The molecule has 0 spiro atoms. The molecule has 1 atom stereocenters. The molecule has 2 rings (SSSR count). The number of hydrogen-bond donors (Lipinski definition) is 1. The van der Waals surface area contributed by atoms with Crippen molar-refractivity contribution in [1.82, 2.24) is 9.78 Å². The van der Waals surface area contributed by atoms with Gasteiger partial charge < -0.3 is 9.84 Å². The zero-order valence-electron chi connectivity index (χ0n) is 10.4. The minimum Gasteiger partial charge on any atom is -0.479 e. The van der Waals surface area contributed by atoms with E-state index in [1.165, 1.54) is 0 Å². The maximum Gasteiger partial charge on any atom is 0.334 e. The summed E-state index contributed by atoms with van der Waals surface area (Å²) in [7, 11) is 0. The molecule has 0 saturated heterocycles. The molecule has 1 heterocycles. The van der Waals surface area contributed by atoms with E-state index < -0.39 is 12.1 Å². The van der Waals surface area contributed by atoms with Crippen LogP contribution >= 0.6 is 0 Å². The predicted molar refractivity (Wildman–Crippen MR) is 69.1 cm³/mol. The highest BCUT2D eigenvalue weighted by molar-refractivity contribution is 5.80. The maximum absolute atomic E-state index is 12.1. The number of carbonyl (C=O) groups is 1. The van der Waals surface area contributed by atoms with Crippen LogP contribution in [0.5, 0.6) is 0 Å². The van der Waals surface area contributed by atoms with Gasteiger partial charge in [-0.05, 0) is 13.0 Å². The molecule has 0 radical (unpaired) electrons. The van der Waals surface area contributed by atoms with E-state index in [4.69, 9.17) is 9.84 Å². The van der Waals surface area contributed by atoms with Gasteiger partial charge >= 0.3 is 5.97 Å². The summed E-state index contributed by atoms with van der Waals surface area (Å²) in [5.41, 5.74) is -0.316. The van der Waals surface area contributed by atoms with Crippen molar-refractivity contribution in [3.8, 4) is 0 Å². The van der Waals surface area contributed by atoms with Crippen LogP contribution < -0.4 is 5.56 Å². The Hall–Kier alpha value is -2.21. The number of hydrogen-bond acceptors (Lipinski definition) is 4. The Morgan fingerprint density at radius 3 is 2.89 bits per heavy atom. The van der Waals surface area contributed by atoms with Gasteiger partial charge in [-0.3, -0.25) is 4.79 Å². The fraction of sp³-hybridized carbons (Fsp3) is 0.308. The van der Waals surface area contributed by atoms with Gasteiger partial charge in [0.05, 0.1) is 18.1 Å². The molecule has 100 valence electrons. The molecule has 0 bridgehead atoms. The molecule has 1 N–H and O–H groups in total. The summed E-state index contributed by atoms with van der Waals surface area (Å²) in [5, 5.41) is 14.2. The van der Waals surface area contributed by atoms with Gasteiger partial charge in [0.1, 0.15) is 0 Å². The Labute approximate surface area is 109 Å². The van der Waals surface area contributed by atoms with Crippen LogP contribution in [0.25, 0.3) is 10.8 Å². The van der Waals surface area contributed by atoms with Crippen LogP contribution in [0, 0.1) is 0 Å². The molecular formula is C13H14N2O4. The number of fused-ring (bicyclic) bond motifs is 1. The summed E-state index contributed by atoms with van der Waals surface area (Å²) >= 11 is 0. The van der Waals surface area contributed by atoms with E-state index in [0.29, 0.717) is 5.39 Å². The molecule has 19 heavy (non-hydrogen) atoms. The third-order valence-corrected chi connectivity index (χ3v) is 2.74. The second-order valence-electron chi connectivity index (χ2n) is 4.00. The number of nitrogens with zero attached hydrogens (tertiary/aromatic N) is 2. The molecule has 2 aromatic rings. The van der Waals surface area contributed by atoms with Crippen LogP contribution in [-0.4, -0.2) is 33.6 Å². The van der Waals surface area contributed by atoms with Crippen LogP contribution in [0.2, 0.25) is 0 Å². The first-order valence-electron chi connectivity index (χ1n) is 5.92. The van der Waals surface area contributed by atoms with E-state index in [1.807, 2.05) is 6.07 Å². The van der Waals surface area contributed by atoms with Gasteiger partial charge in [-0.15, -0.1) is 0 Å². The van der Waals surface area contributed by atoms with Gasteiger partial charge in [0.2, 0.25) is 0 Å². The number of aromatic nitrogens is 2. The highest BCUT2D eigenvalue weighted by Gasteiger charge is 2.19. The Kier molecular flexibility index (Phi) is 3.91. The Bertz CT molecular complexity index is 650. The van der Waals surface area contributed by atoms with Gasteiger partial charge in [0.25, 0.3) is 5.56 Å². The molecule has 0 saturated carbocycles. The summed E-state index contributed by atoms with van der Waals surface area (Å²) < 4.78 is 6.20. The first-order valence-corrected chi connectivity index (χ1v) is 5.92. The largest absolute Gasteiger partial charge is 0.479 e. The van der Waals surface area contributed by atoms with Crippen molar-refractivity contribution in [2.24, 2.45) is 0 Å². The lowest BCUT2D eigenvalue weighted by atomic mass is 10.2. The van der Waals surface area contributed by atoms with E-state index in [9.17, 15) is 9.59 Å². The zero-order valence-corrected chi connectivity index (χ0v) is 10.4. The smallest absolute Gasteiger partial charge is 0.334 e. The lowest BCUT2D eigenvalue weighted by Gasteiger charge is -2.13. The fourth-order valence-electron chi connectivity index (χ4n) is 1.82. The van der Waals surface area contributed by atoms with Crippen molar-refractivity contribution in [3.63, 3.8) is 0 Å². The quantitative estimate of drug-likeness (QED) is 0.865. The summed E-state index contributed by atoms with van der Waals surface area (Å²) in [5.74, 6) is -1.11. The molecule has 0 aliphatic rings. The molecule has 0 fully saturated rings. The number of carboxylic acid groups (broad SMARTS) is 1. The van der Waals surface area contributed by atoms with Crippen LogP contribution in [0.1, 0.15) is 6.92 Å². The Balaban J connectivity index is 2.38. The highest BCUT2D eigenvalue weighted by Crippen LogP contribution is 2.07. The van der Waals surface area contributed by atoms with Gasteiger partial charge in [-0.2, -0.15) is 5.10 Å². The topological polar surface area (TPSA) is 81.4 Å². The van der Waals surface area contributed by atoms with Crippen molar-refractivity contribution in [2.45, 2.75) is 19.6 Å². The lowest BCUT2D eigenvalue weighted by molar-refractivity contribution is -0.151. The first kappa shape index (κ1) is 13.2. The number of ether oxygens (including phenoxy) is 1. The van der Waals surface area contributed by atoms with Crippen molar-refractivity contribution >= 4 is 16.7 Å². The number of aliphatic carboxylic acids is 1. The predicted octanol–water partition coefficient (Wildman–Crippen LogP) is 0.886. The van der Waals surface area contributed by atoms with Crippen molar-refractivity contribution in [2.75, 3.05) is 6.61 Å². The minimum atomic E-state index is -1.11. The standard InChI is InChI=1S/C13H14N2O4/c1-2-19-11(13(17)18)8-15-12(16)10-6-4-3-5-9(10)7-14-15/h3-7,11H,2,8H2,1H3,(H,17,18). The van der Waals surface area contributed by atoms with Crippen LogP contribution in [0.3, 0.4) is 0 Å². The maximum atomic E-state index is 12.1. The molecule has 6 nitrogen and oxygen atoms in total. The fourth-order valence-corrected chi connectivity index (χ4v) is 1.82. The number of rotatable bonds is 5. The molecule has 0 aliphatic heterocycles. The normalized spacial score (nSPS) is 12.5. The molecule has 0 aliphatic carbocycles. The van der Waals surface area contributed by atoms with Gasteiger partial charge in [-0.1, -0.05) is 18.2 Å². The lowest BCUT2D eigenvalue weighted by Crippen LogP contribution is -2.35. The van der Waals surface area contributed by atoms with E-state index in [0.717, 1.165) is 10.1 Å². The zero-order chi connectivity index (χ0) is 13.8. The number of benzene rings is 1. The summed E-state index contributed by atoms with van der Waals surface area (Å²) in [6.45, 7) is 1.86. The molecule has 0 amide bonds. The van der Waals surface area contributed by atoms with Crippen LogP contribution in [0.4, 0.5) is 0 Å². The summed E-state index contributed by atoms with van der Waals surface area (Å²) in [6.07, 6.45) is 0.470. The van der Waals surface area contributed by atoms with E-state index in [2.05, 4.69) is 5.10 Å². The minimum absolute atomic E-state index is 0.104. The van der Waals surface area contributed by atoms with Crippen molar-refractivity contribution in [3.05, 3.63) is 40.8 Å². The average Bonchev–Trinajstić information content (AvgIpc) is 2.41. The molecular weight excluding hydrogens is 248 g/mol. The van der Waals surface area contributed by atoms with Crippen LogP contribution in [-0.2, 0) is 16.1 Å². The van der Waals surface area contributed by atoms with Crippen molar-refractivity contribution < 1.29 is 14.6 Å². The summed E-state index contributed by atoms with van der Waals surface area (Å²) in [6, 6.07) is 7.04. The molecule has 1 unspecified atom stereocenters. The molecule has 1 aromatic heterocycles. The first-order chi connectivity index (χ1) is 9.13. The molecule has 6 heteroatoms. The highest BCUT2D eigenvalue weighted by atomic mass is 16.5. The van der Waals surface area contributed by atoms with E-state index in [-0.39, 0.29) is 18.7 Å². The Morgan fingerprint density at radius 2 is 2.21 bits per heavy atom. The summed E-state index contributed by atoms with van der Waals surface area (Å²) in [4.78, 5) is 23.1. The number of carboxylic acids is 1. The third kappa shape index (κ3) is 2.79. The van der Waals surface area contributed by atoms with Crippen molar-refractivity contribution in [1.29, 1.82) is 0 Å². The average molecular weight is 262 g/mol. The van der Waals surface area contributed by atoms with E-state index >= 15 is 0 Å². The third-order valence-electron chi connectivity index (χ3n) is 2.74. The van der Waals surface area contributed by atoms with Crippen LogP contribution in [0.15, 0.2) is 35.3 Å². The second kappa shape index (κ2) is 5.62. The SMILES string of the molecule is CCOC(Cn1ncc2ccccc2c1=O)C(=O)O. The van der Waals surface area contributed by atoms with Gasteiger partial charge in [-0.25, -0.2) is 9.48 Å². The van der Waals surface area contributed by atoms with Gasteiger partial charge in [0.15, 0.2) is 6.10 Å².